The molecule has 0 bridgehead atoms. The van der Waals surface area contributed by atoms with Gasteiger partial charge in [0.2, 0.25) is 0 Å². The molecule has 1 unspecified atom stereocenters. The maximum absolute atomic E-state index is 15.0. The van der Waals surface area contributed by atoms with Gasteiger partial charge in [-0.1, -0.05) is 30.3 Å². The van der Waals surface area contributed by atoms with Gasteiger partial charge in [0.1, 0.15) is 11.4 Å². The fourth-order valence-electron chi connectivity index (χ4n) is 3.26. The monoisotopic (exact) mass is 328 g/mol. The normalized spacial score (nSPS) is 21.0. The largest absolute Gasteiger partial charge is 0.494 e. The van der Waals surface area contributed by atoms with E-state index >= 15 is 0 Å². The Kier molecular flexibility index (Phi) is 5.36. The lowest BCUT2D eigenvalue weighted by molar-refractivity contribution is 0.162. The minimum atomic E-state index is -1.10. The van der Waals surface area contributed by atoms with Gasteiger partial charge in [0, 0.05) is 31.7 Å². The molecule has 1 aliphatic rings. The molecule has 0 saturated carbocycles. The number of benzene rings is 2. The summed E-state index contributed by atoms with van der Waals surface area (Å²) < 4.78 is 20.7. The topological polar surface area (TPSA) is 38.5 Å². The van der Waals surface area contributed by atoms with Crippen LogP contribution in [0.1, 0.15) is 18.4 Å². The fourth-order valence-corrected chi connectivity index (χ4v) is 3.26. The highest BCUT2D eigenvalue weighted by molar-refractivity contribution is 5.41. The Hall–Kier alpha value is -2.07. The van der Waals surface area contributed by atoms with Gasteiger partial charge in [0.25, 0.3) is 0 Å². The van der Waals surface area contributed by atoms with Crippen LogP contribution < -0.4 is 10.5 Å². The van der Waals surface area contributed by atoms with Crippen LogP contribution in [0.25, 0.3) is 0 Å². The maximum Gasteiger partial charge on any atom is 0.128 e. The zero-order valence-electron chi connectivity index (χ0n) is 14.0. The molecule has 0 radical (unpaired) electrons. The van der Waals surface area contributed by atoms with Crippen molar-refractivity contribution in [1.29, 1.82) is 0 Å². The van der Waals surface area contributed by atoms with Crippen molar-refractivity contribution in [2.45, 2.75) is 24.9 Å². The summed E-state index contributed by atoms with van der Waals surface area (Å²) in [7, 11) is 0. The summed E-state index contributed by atoms with van der Waals surface area (Å²) >= 11 is 0. The van der Waals surface area contributed by atoms with Crippen LogP contribution in [0.15, 0.2) is 54.6 Å². The molecular formula is C20H25FN2O. The standard InChI is InChI=1S/C20H25FN2O/c21-20(15-17-5-2-1-3-6-17)11-13-23(16-20)12-4-14-24-19-9-7-18(22)8-10-19/h1-3,5-10H,4,11-16,22H2. The average molecular weight is 328 g/mol. The molecule has 1 heterocycles. The van der Waals surface area contributed by atoms with Gasteiger partial charge in [-0.25, -0.2) is 4.39 Å². The number of rotatable bonds is 7. The minimum Gasteiger partial charge on any atom is -0.494 e. The Morgan fingerprint density at radius 3 is 2.58 bits per heavy atom. The SMILES string of the molecule is Nc1ccc(OCCCN2CCC(F)(Cc3ccccc3)C2)cc1. The number of nitrogens with zero attached hydrogens (tertiary/aromatic N) is 1. The quantitative estimate of drug-likeness (QED) is 0.622. The van der Waals surface area contributed by atoms with E-state index in [1.807, 2.05) is 54.6 Å². The zero-order chi connectivity index (χ0) is 16.8. The zero-order valence-corrected chi connectivity index (χ0v) is 14.0. The molecule has 128 valence electrons. The van der Waals surface area contributed by atoms with Crippen molar-refractivity contribution in [3.05, 3.63) is 60.2 Å². The van der Waals surface area contributed by atoms with E-state index in [1.54, 1.807) is 0 Å². The van der Waals surface area contributed by atoms with Gasteiger partial charge >= 0.3 is 0 Å². The summed E-state index contributed by atoms with van der Waals surface area (Å²) in [6.45, 7) is 2.85. The van der Waals surface area contributed by atoms with E-state index < -0.39 is 5.67 Å². The van der Waals surface area contributed by atoms with Crippen molar-refractivity contribution in [2.24, 2.45) is 0 Å². The Balaban J connectivity index is 1.39. The second-order valence-electron chi connectivity index (χ2n) is 6.61. The number of halogens is 1. The molecule has 0 aliphatic carbocycles. The van der Waals surface area contributed by atoms with Crippen LogP contribution in [0.5, 0.6) is 5.75 Å². The molecule has 0 spiro atoms. The van der Waals surface area contributed by atoms with E-state index in [-0.39, 0.29) is 0 Å². The van der Waals surface area contributed by atoms with E-state index in [4.69, 9.17) is 10.5 Å². The van der Waals surface area contributed by atoms with Crippen molar-refractivity contribution in [1.82, 2.24) is 4.90 Å². The minimum absolute atomic E-state index is 0.506. The van der Waals surface area contributed by atoms with E-state index in [0.29, 0.717) is 26.0 Å². The Morgan fingerprint density at radius 1 is 1.08 bits per heavy atom. The van der Waals surface area contributed by atoms with Gasteiger partial charge in [-0.05, 0) is 42.7 Å². The van der Waals surface area contributed by atoms with E-state index in [1.165, 1.54) is 0 Å². The maximum atomic E-state index is 15.0. The number of hydrogen-bond donors (Lipinski definition) is 1. The summed E-state index contributed by atoms with van der Waals surface area (Å²) in [5.74, 6) is 0.828. The lowest BCUT2D eigenvalue weighted by atomic mass is 9.96. The summed E-state index contributed by atoms with van der Waals surface area (Å²) in [5, 5.41) is 0. The number of ether oxygens (including phenoxy) is 1. The molecule has 3 nitrogen and oxygen atoms in total. The molecule has 2 aromatic rings. The summed E-state index contributed by atoms with van der Waals surface area (Å²) in [4.78, 5) is 2.20. The number of alkyl halides is 1. The van der Waals surface area contributed by atoms with Crippen LogP contribution in [0.4, 0.5) is 10.1 Å². The molecule has 0 aromatic heterocycles. The van der Waals surface area contributed by atoms with Gasteiger partial charge in [0.15, 0.2) is 0 Å². The lowest BCUT2D eigenvalue weighted by Crippen LogP contribution is -2.32. The van der Waals surface area contributed by atoms with Crippen LogP contribution in [-0.2, 0) is 6.42 Å². The predicted molar refractivity (Wildman–Crippen MR) is 96.0 cm³/mol. The predicted octanol–water partition coefficient (Wildman–Crippen LogP) is 3.69. The van der Waals surface area contributed by atoms with E-state index in [0.717, 1.165) is 36.5 Å². The molecule has 2 aromatic carbocycles. The molecule has 0 amide bonds. The van der Waals surface area contributed by atoms with Crippen molar-refractivity contribution < 1.29 is 9.13 Å². The smallest absolute Gasteiger partial charge is 0.128 e. The van der Waals surface area contributed by atoms with Crippen molar-refractivity contribution in [3.8, 4) is 5.75 Å². The third-order valence-corrected chi connectivity index (χ3v) is 4.51. The highest BCUT2D eigenvalue weighted by Gasteiger charge is 2.37. The molecule has 4 heteroatoms. The third kappa shape index (κ3) is 4.71. The number of likely N-dealkylation sites (tertiary alicyclic amines) is 1. The number of nitrogens with two attached hydrogens (primary N) is 1. The average Bonchev–Trinajstić information content (AvgIpc) is 2.95. The molecule has 2 N–H and O–H groups in total. The van der Waals surface area contributed by atoms with Crippen molar-refractivity contribution >= 4 is 5.69 Å². The molecule has 1 aliphatic heterocycles. The highest BCUT2D eigenvalue weighted by atomic mass is 19.1. The Morgan fingerprint density at radius 2 is 1.83 bits per heavy atom. The molecule has 1 saturated heterocycles. The van der Waals surface area contributed by atoms with Crippen molar-refractivity contribution in [2.75, 3.05) is 32.0 Å². The molecule has 1 fully saturated rings. The second kappa shape index (κ2) is 7.67. The molecule has 1 atom stereocenters. The number of anilines is 1. The van der Waals surface area contributed by atoms with E-state index in [2.05, 4.69) is 4.90 Å². The van der Waals surface area contributed by atoms with Gasteiger partial charge in [-0.3, -0.25) is 4.90 Å². The van der Waals surface area contributed by atoms with Crippen LogP contribution in [-0.4, -0.2) is 36.8 Å². The van der Waals surface area contributed by atoms with Gasteiger partial charge in [0.05, 0.1) is 6.61 Å². The van der Waals surface area contributed by atoms with Crippen LogP contribution in [0, 0.1) is 0 Å². The summed E-state index contributed by atoms with van der Waals surface area (Å²) in [5.41, 5.74) is 6.36. The second-order valence-corrected chi connectivity index (χ2v) is 6.61. The summed E-state index contributed by atoms with van der Waals surface area (Å²) in [6.07, 6.45) is 2.01. The van der Waals surface area contributed by atoms with Crippen LogP contribution >= 0.6 is 0 Å². The Labute approximate surface area is 143 Å². The first-order chi connectivity index (χ1) is 11.6. The highest BCUT2D eigenvalue weighted by Crippen LogP contribution is 2.29. The first-order valence-corrected chi connectivity index (χ1v) is 8.57. The third-order valence-electron chi connectivity index (χ3n) is 4.51. The first-order valence-electron chi connectivity index (χ1n) is 8.57. The number of hydrogen-bond acceptors (Lipinski definition) is 3. The fraction of sp³-hybridized carbons (Fsp3) is 0.400. The van der Waals surface area contributed by atoms with Gasteiger partial charge in [-0.2, -0.15) is 0 Å². The molecule has 3 rings (SSSR count). The van der Waals surface area contributed by atoms with Gasteiger partial charge < -0.3 is 10.5 Å². The lowest BCUT2D eigenvalue weighted by Gasteiger charge is -2.21. The van der Waals surface area contributed by atoms with Crippen LogP contribution in [0.3, 0.4) is 0 Å². The Bertz CT molecular complexity index is 632. The van der Waals surface area contributed by atoms with Crippen molar-refractivity contribution in [3.63, 3.8) is 0 Å². The molecule has 24 heavy (non-hydrogen) atoms. The van der Waals surface area contributed by atoms with Gasteiger partial charge in [-0.15, -0.1) is 0 Å². The van der Waals surface area contributed by atoms with Crippen LogP contribution in [0.2, 0.25) is 0 Å². The number of nitrogen functional groups attached to an aromatic ring is 1. The first kappa shape index (κ1) is 16.8. The molecular weight excluding hydrogens is 303 g/mol. The summed E-state index contributed by atoms with van der Waals surface area (Å²) in [6, 6.07) is 17.3. The van der Waals surface area contributed by atoms with E-state index in [9.17, 15) is 4.39 Å².